The summed E-state index contributed by atoms with van der Waals surface area (Å²) in [6.45, 7) is 3.35. The van der Waals surface area contributed by atoms with Gasteiger partial charge in [-0.1, -0.05) is 12.8 Å². The standard InChI is InChI=1S/C11H23NO2/c1-12(11-6-9-14-10-11)7-4-2-3-5-8-13/h11,13H,2-10H2,1H3. The molecule has 0 aromatic heterocycles. The molecule has 1 unspecified atom stereocenters. The van der Waals surface area contributed by atoms with Crippen molar-refractivity contribution in [2.45, 2.75) is 38.1 Å². The summed E-state index contributed by atoms with van der Waals surface area (Å²) < 4.78 is 5.35. The van der Waals surface area contributed by atoms with Crippen LogP contribution in [0.25, 0.3) is 0 Å². The van der Waals surface area contributed by atoms with Gasteiger partial charge in [-0.15, -0.1) is 0 Å². The molecule has 0 bridgehead atoms. The summed E-state index contributed by atoms with van der Waals surface area (Å²) in [4.78, 5) is 2.41. The van der Waals surface area contributed by atoms with E-state index in [4.69, 9.17) is 9.84 Å². The fraction of sp³-hybridized carbons (Fsp3) is 1.00. The van der Waals surface area contributed by atoms with E-state index in [0.29, 0.717) is 12.6 Å². The molecule has 1 aliphatic rings. The Hall–Kier alpha value is -0.120. The van der Waals surface area contributed by atoms with Crippen molar-refractivity contribution >= 4 is 0 Å². The Morgan fingerprint density at radius 2 is 2.07 bits per heavy atom. The molecule has 0 aromatic rings. The van der Waals surface area contributed by atoms with Crippen LogP contribution in [0.1, 0.15) is 32.1 Å². The quantitative estimate of drug-likeness (QED) is 0.629. The fourth-order valence-corrected chi connectivity index (χ4v) is 1.88. The van der Waals surface area contributed by atoms with E-state index < -0.39 is 0 Å². The maximum absolute atomic E-state index is 8.62. The number of hydrogen-bond acceptors (Lipinski definition) is 3. The largest absolute Gasteiger partial charge is 0.396 e. The van der Waals surface area contributed by atoms with Crippen LogP contribution in [-0.4, -0.2) is 49.5 Å². The molecule has 1 heterocycles. The molecule has 0 aliphatic carbocycles. The monoisotopic (exact) mass is 201 g/mol. The van der Waals surface area contributed by atoms with Gasteiger partial charge in [-0.25, -0.2) is 0 Å². The Morgan fingerprint density at radius 1 is 1.29 bits per heavy atom. The Labute approximate surface area is 87.1 Å². The summed E-state index contributed by atoms with van der Waals surface area (Å²) in [7, 11) is 2.19. The molecule has 0 saturated carbocycles. The minimum atomic E-state index is 0.340. The molecule has 3 heteroatoms. The van der Waals surface area contributed by atoms with E-state index in [-0.39, 0.29) is 0 Å². The van der Waals surface area contributed by atoms with Crippen molar-refractivity contribution in [2.24, 2.45) is 0 Å². The Bertz CT molecular complexity index is 135. The first kappa shape index (κ1) is 12.0. The molecule has 0 amide bonds. The van der Waals surface area contributed by atoms with Gasteiger partial charge in [0.05, 0.1) is 6.61 Å². The van der Waals surface area contributed by atoms with Crippen molar-refractivity contribution in [3.05, 3.63) is 0 Å². The van der Waals surface area contributed by atoms with Crippen LogP contribution >= 0.6 is 0 Å². The van der Waals surface area contributed by atoms with Crippen LogP contribution in [0, 0.1) is 0 Å². The number of aliphatic hydroxyl groups excluding tert-OH is 1. The number of hydrogen-bond donors (Lipinski definition) is 1. The number of unbranched alkanes of at least 4 members (excludes halogenated alkanes) is 3. The molecule has 3 nitrogen and oxygen atoms in total. The summed E-state index contributed by atoms with van der Waals surface area (Å²) >= 11 is 0. The molecule has 0 spiro atoms. The number of rotatable bonds is 7. The molecular weight excluding hydrogens is 178 g/mol. The smallest absolute Gasteiger partial charge is 0.0622 e. The Balaban J connectivity index is 1.94. The topological polar surface area (TPSA) is 32.7 Å². The lowest BCUT2D eigenvalue weighted by Gasteiger charge is -2.22. The maximum atomic E-state index is 8.62. The summed E-state index contributed by atoms with van der Waals surface area (Å²) in [6.07, 6.45) is 5.78. The number of aliphatic hydroxyl groups is 1. The van der Waals surface area contributed by atoms with Crippen molar-refractivity contribution in [3.63, 3.8) is 0 Å². The highest BCUT2D eigenvalue weighted by Gasteiger charge is 2.19. The van der Waals surface area contributed by atoms with Gasteiger partial charge >= 0.3 is 0 Å². The number of ether oxygens (including phenoxy) is 1. The van der Waals surface area contributed by atoms with Gasteiger partial charge in [0.2, 0.25) is 0 Å². The molecule has 0 aromatic carbocycles. The Kier molecular flexibility index (Phi) is 6.15. The molecule has 1 aliphatic heterocycles. The first-order valence-corrected chi connectivity index (χ1v) is 5.73. The van der Waals surface area contributed by atoms with Crippen LogP contribution in [0.15, 0.2) is 0 Å². The van der Waals surface area contributed by atoms with E-state index in [0.717, 1.165) is 26.1 Å². The lowest BCUT2D eigenvalue weighted by molar-refractivity contribution is 0.158. The van der Waals surface area contributed by atoms with Crippen molar-refractivity contribution in [1.29, 1.82) is 0 Å². The number of likely N-dealkylation sites (N-methyl/N-ethyl adjacent to an activating group) is 1. The first-order valence-electron chi connectivity index (χ1n) is 5.73. The van der Waals surface area contributed by atoms with Gasteiger partial charge in [-0.05, 0) is 32.9 Å². The molecule has 1 atom stereocenters. The van der Waals surface area contributed by atoms with Crippen LogP contribution in [-0.2, 0) is 4.74 Å². The molecule has 84 valence electrons. The van der Waals surface area contributed by atoms with Gasteiger partial charge in [0.15, 0.2) is 0 Å². The Morgan fingerprint density at radius 3 is 2.71 bits per heavy atom. The molecule has 1 fully saturated rings. The van der Waals surface area contributed by atoms with Crippen molar-refractivity contribution in [1.82, 2.24) is 4.90 Å². The van der Waals surface area contributed by atoms with Crippen molar-refractivity contribution in [3.8, 4) is 0 Å². The molecule has 14 heavy (non-hydrogen) atoms. The van der Waals surface area contributed by atoms with Crippen LogP contribution in [0.5, 0.6) is 0 Å². The zero-order valence-electron chi connectivity index (χ0n) is 9.24. The zero-order valence-corrected chi connectivity index (χ0v) is 9.24. The van der Waals surface area contributed by atoms with E-state index >= 15 is 0 Å². The molecule has 1 saturated heterocycles. The lowest BCUT2D eigenvalue weighted by atomic mass is 10.1. The van der Waals surface area contributed by atoms with Crippen LogP contribution in [0.4, 0.5) is 0 Å². The van der Waals surface area contributed by atoms with E-state index in [1.165, 1.54) is 25.8 Å². The van der Waals surface area contributed by atoms with Gasteiger partial charge < -0.3 is 14.7 Å². The van der Waals surface area contributed by atoms with Crippen LogP contribution in [0.2, 0.25) is 0 Å². The second kappa shape index (κ2) is 7.21. The molecule has 1 rings (SSSR count). The third-order valence-electron chi connectivity index (χ3n) is 2.95. The van der Waals surface area contributed by atoms with Crippen molar-refractivity contribution < 1.29 is 9.84 Å². The summed E-state index contributed by atoms with van der Waals surface area (Å²) in [5.41, 5.74) is 0. The molecular formula is C11H23NO2. The predicted octanol–water partition coefficient (Wildman–Crippen LogP) is 1.26. The highest BCUT2D eigenvalue weighted by Crippen LogP contribution is 2.11. The van der Waals surface area contributed by atoms with E-state index in [9.17, 15) is 0 Å². The average molecular weight is 201 g/mol. The zero-order chi connectivity index (χ0) is 10.2. The fourth-order valence-electron chi connectivity index (χ4n) is 1.88. The predicted molar refractivity (Wildman–Crippen MR) is 57.4 cm³/mol. The second-order valence-corrected chi connectivity index (χ2v) is 4.14. The lowest BCUT2D eigenvalue weighted by Crippen LogP contribution is -2.32. The third kappa shape index (κ3) is 4.40. The summed E-state index contributed by atoms with van der Waals surface area (Å²) in [6, 6.07) is 0.646. The van der Waals surface area contributed by atoms with Gasteiger partial charge in [0, 0.05) is 19.3 Å². The maximum Gasteiger partial charge on any atom is 0.0622 e. The van der Waals surface area contributed by atoms with Gasteiger partial charge in [-0.3, -0.25) is 0 Å². The van der Waals surface area contributed by atoms with E-state index in [1.54, 1.807) is 0 Å². The van der Waals surface area contributed by atoms with Gasteiger partial charge in [-0.2, -0.15) is 0 Å². The summed E-state index contributed by atoms with van der Waals surface area (Å²) in [5.74, 6) is 0. The minimum absolute atomic E-state index is 0.340. The van der Waals surface area contributed by atoms with E-state index in [2.05, 4.69) is 11.9 Å². The second-order valence-electron chi connectivity index (χ2n) is 4.14. The number of nitrogens with zero attached hydrogens (tertiary/aromatic N) is 1. The van der Waals surface area contributed by atoms with Crippen LogP contribution in [0.3, 0.4) is 0 Å². The highest BCUT2D eigenvalue weighted by molar-refractivity contribution is 4.72. The third-order valence-corrected chi connectivity index (χ3v) is 2.95. The SMILES string of the molecule is CN(CCCCCCO)C1CCOC1. The normalized spacial score (nSPS) is 22.1. The highest BCUT2D eigenvalue weighted by atomic mass is 16.5. The average Bonchev–Trinajstić information content (AvgIpc) is 2.70. The molecule has 0 radical (unpaired) electrons. The summed E-state index contributed by atoms with van der Waals surface area (Å²) in [5, 5.41) is 8.62. The minimum Gasteiger partial charge on any atom is -0.396 e. The van der Waals surface area contributed by atoms with Crippen LogP contribution < -0.4 is 0 Å². The van der Waals surface area contributed by atoms with Gasteiger partial charge in [0.1, 0.15) is 0 Å². The first-order chi connectivity index (χ1) is 6.84. The molecule has 1 N–H and O–H groups in total. The van der Waals surface area contributed by atoms with E-state index in [1.807, 2.05) is 0 Å². The van der Waals surface area contributed by atoms with Crippen molar-refractivity contribution in [2.75, 3.05) is 33.4 Å². The van der Waals surface area contributed by atoms with Gasteiger partial charge in [0.25, 0.3) is 0 Å².